The number of rotatable bonds is 7. The summed E-state index contributed by atoms with van der Waals surface area (Å²) >= 11 is 0. The predicted octanol–water partition coefficient (Wildman–Crippen LogP) is 0.506. The largest absolute Gasteiger partial charge is 0.368 e. The van der Waals surface area contributed by atoms with Gasteiger partial charge < -0.3 is 16.4 Å². The van der Waals surface area contributed by atoms with Gasteiger partial charge in [-0.15, -0.1) is 12.4 Å². The molecular formula is C11H24ClN3O2. The maximum atomic E-state index is 11.8. The first-order chi connectivity index (χ1) is 7.32. The number of carbonyl (C=O) groups excluding carboxylic acids is 2. The maximum absolute atomic E-state index is 11.8. The van der Waals surface area contributed by atoms with Crippen molar-refractivity contribution >= 4 is 24.2 Å². The van der Waals surface area contributed by atoms with Gasteiger partial charge in [-0.05, 0) is 19.3 Å². The summed E-state index contributed by atoms with van der Waals surface area (Å²) in [4.78, 5) is 24.1. The second-order valence-electron chi connectivity index (χ2n) is 4.65. The van der Waals surface area contributed by atoms with Gasteiger partial charge in [0.05, 0.1) is 6.54 Å². The smallest absolute Gasteiger partial charge is 0.237 e. The number of hydrogen-bond acceptors (Lipinski definition) is 3. The Morgan fingerprint density at radius 1 is 1.24 bits per heavy atom. The Hall–Kier alpha value is -0.810. The number of nitrogens with two attached hydrogens (primary N) is 2. The van der Waals surface area contributed by atoms with Crippen molar-refractivity contribution in [3.8, 4) is 0 Å². The van der Waals surface area contributed by atoms with Crippen molar-refractivity contribution in [3.63, 3.8) is 0 Å². The molecular weight excluding hydrogens is 242 g/mol. The second kappa shape index (κ2) is 9.24. The van der Waals surface area contributed by atoms with Crippen LogP contribution in [-0.4, -0.2) is 35.8 Å². The van der Waals surface area contributed by atoms with Crippen LogP contribution in [0.25, 0.3) is 0 Å². The summed E-state index contributed by atoms with van der Waals surface area (Å²) in [5, 5.41) is 0. The first-order valence-corrected chi connectivity index (χ1v) is 5.64. The van der Waals surface area contributed by atoms with Crippen LogP contribution in [0.2, 0.25) is 0 Å². The molecule has 0 aliphatic rings. The van der Waals surface area contributed by atoms with Gasteiger partial charge in [-0.2, -0.15) is 0 Å². The fourth-order valence-corrected chi connectivity index (χ4v) is 1.39. The van der Waals surface area contributed by atoms with E-state index < -0.39 is 5.91 Å². The highest BCUT2D eigenvalue weighted by Crippen LogP contribution is 2.04. The van der Waals surface area contributed by atoms with Gasteiger partial charge in [0, 0.05) is 19.0 Å². The monoisotopic (exact) mass is 265 g/mol. The molecule has 0 saturated heterocycles. The number of nitrogens with zero attached hydrogens (tertiary/aromatic N) is 1. The Labute approximate surface area is 109 Å². The van der Waals surface area contributed by atoms with Gasteiger partial charge >= 0.3 is 0 Å². The molecule has 0 saturated carbocycles. The molecule has 0 aromatic rings. The van der Waals surface area contributed by atoms with E-state index in [-0.39, 0.29) is 30.9 Å². The van der Waals surface area contributed by atoms with Crippen LogP contribution in [0.5, 0.6) is 0 Å². The molecule has 0 rings (SSSR count). The van der Waals surface area contributed by atoms with Crippen molar-refractivity contribution in [2.45, 2.75) is 39.7 Å². The van der Waals surface area contributed by atoms with E-state index in [1.807, 2.05) is 20.8 Å². The van der Waals surface area contributed by atoms with Gasteiger partial charge in [-0.25, -0.2) is 0 Å². The lowest BCUT2D eigenvalue weighted by Crippen LogP contribution is -2.40. The number of carbonyl (C=O) groups is 2. The molecule has 0 fully saturated rings. The Morgan fingerprint density at radius 2 is 1.76 bits per heavy atom. The lowest BCUT2D eigenvalue weighted by Gasteiger charge is -2.23. The summed E-state index contributed by atoms with van der Waals surface area (Å²) in [6.07, 6.45) is 1.00. The molecule has 4 N–H and O–H groups in total. The molecule has 0 aliphatic carbocycles. The van der Waals surface area contributed by atoms with Crippen molar-refractivity contribution in [2.24, 2.45) is 17.4 Å². The third-order valence-corrected chi connectivity index (χ3v) is 2.10. The zero-order valence-electron chi connectivity index (χ0n) is 10.8. The maximum Gasteiger partial charge on any atom is 0.237 e. The van der Waals surface area contributed by atoms with E-state index in [0.717, 1.165) is 0 Å². The number of primary amides is 1. The SMILES string of the molecule is CC(C)CN(CC(N)=O)C(=O)CCC(C)N.Cl. The fourth-order valence-electron chi connectivity index (χ4n) is 1.39. The molecule has 17 heavy (non-hydrogen) atoms. The molecule has 0 aromatic heterocycles. The molecule has 2 amide bonds. The van der Waals surface area contributed by atoms with Crippen LogP contribution in [0.3, 0.4) is 0 Å². The predicted molar refractivity (Wildman–Crippen MR) is 70.7 cm³/mol. The van der Waals surface area contributed by atoms with Crippen LogP contribution in [0, 0.1) is 5.92 Å². The third kappa shape index (κ3) is 10.1. The number of hydrogen-bond donors (Lipinski definition) is 2. The zero-order valence-corrected chi connectivity index (χ0v) is 11.6. The van der Waals surface area contributed by atoms with E-state index in [0.29, 0.717) is 25.3 Å². The van der Waals surface area contributed by atoms with Gasteiger partial charge in [0.25, 0.3) is 0 Å². The van der Waals surface area contributed by atoms with Crippen molar-refractivity contribution in [1.82, 2.24) is 4.90 Å². The van der Waals surface area contributed by atoms with Gasteiger partial charge in [0.1, 0.15) is 0 Å². The van der Waals surface area contributed by atoms with Crippen molar-refractivity contribution < 1.29 is 9.59 Å². The van der Waals surface area contributed by atoms with E-state index in [9.17, 15) is 9.59 Å². The Bertz CT molecular complexity index is 245. The van der Waals surface area contributed by atoms with E-state index >= 15 is 0 Å². The van der Waals surface area contributed by atoms with Gasteiger partial charge in [-0.3, -0.25) is 9.59 Å². The first-order valence-electron chi connectivity index (χ1n) is 5.64. The van der Waals surface area contributed by atoms with Crippen LogP contribution < -0.4 is 11.5 Å². The minimum Gasteiger partial charge on any atom is -0.368 e. The Balaban J connectivity index is 0. The molecule has 0 spiro atoms. The Morgan fingerprint density at radius 3 is 2.12 bits per heavy atom. The lowest BCUT2D eigenvalue weighted by atomic mass is 10.1. The molecule has 0 aliphatic heterocycles. The van der Waals surface area contributed by atoms with Crippen LogP contribution >= 0.6 is 12.4 Å². The van der Waals surface area contributed by atoms with E-state index in [1.54, 1.807) is 0 Å². The Kier molecular flexibility index (Phi) is 10.1. The highest BCUT2D eigenvalue weighted by Gasteiger charge is 2.16. The molecule has 5 nitrogen and oxygen atoms in total. The van der Waals surface area contributed by atoms with Crippen molar-refractivity contribution in [1.29, 1.82) is 0 Å². The third-order valence-electron chi connectivity index (χ3n) is 2.10. The summed E-state index contributed by atoms with van der Waals surface area (Å²) in [7, 11) is 0. The van der Waals surface area contributed by atoms with E-state index in [4.69, 9.17) is 11.5 Å². The summed E-state index contributed by atoms with van der Waals surface area (Å²) in [5.41, 5.74) is 10.7. The van der Waals surface area contributed by atoms with Gasteiger partial charge in [-0.1, -0.05) is 13.8 Å². The fraction of sp³-hybridized carbons (Fsp3) is 0.818. The topological polar surface area (TPSA) is 89.4 Å². The lowest BCUT2D eigenvalue weighted by molar-refractivity contribution is -0.135. The van der Waals surface area contributed by atoms with E-state index in [1.165, 1.54) is 4.90 Å². The summed E-state index contributed by atoms with van der Waals surface area (Å²) in [5.74, 6) is -0.210. The second-order valence-corrected chi connectivity index (χ2v) is 4.65. The minimum absolute atomic E-state index is 0. The standard InChI is InChI=1S/C11H23N3O2.ClH/c1-8(2)6-14(7-10(13)15)11(16)5-4-9(3)12;/h8-9H,4-7,12H2,1-3H3,(H2,13,15);1H. The van der Waals surface area contributed by atoms with Crippen LogP contribution in [-0.2, 0) is 9.59 Å². The average Bonchev–Trinajstić information content (AvgIpc) is 2.11. The molecule has 1 atom stereocenters. The average molecular weight is 266 g/mol. The molecule has 102 valence electrons. The summed E-state index contributed by atoms with van der Waals surface area (Å²) < 4.78 is 0. The number of halogens is 1. The van der Waals surface area contributed by atoms with Crippen LogP contribution in [0.4, 0.5) is 0 Å². The van der Waals surface area contributed by atoms with Crippen molar-refractivity contribution in [3.05, 3.63) is 0 Å². The molecule has 1 unspecified atom stereocenters. The number of amides is 2. The molecule has 0 aromatic carbocycles. The quantitative estimate of drug-likeness (QED) is 0.703. The zero-order chi connectivity index (χ0) is 12.7. The molecule has 0 heterocycles. The highest BCUT2D eigenvalue weighted by atomic mass is 35.5. The van der Waals surface area contributed by atoms with Gasteiger partial charge in [0.15, 0.2) is 0 Å². The molecule has 0 bridgehead atoms. The first kappa shape index (κ1) is 18.6. The minimum atomic E-state index is -0.477. The van der Waals surface area contributed by atoms with Crippen molar-refractivity contribution in [2.75, 3.05) is 13.1 Å². The van der Waals surface area contributed by atoms with Gasteiger partial charge in [0.2, 0.25) is 11.8 Å². The highest BCUT2D eigenvalue weighted by molar-refractivity contribution is 5.85. The summed E-state index contributed by atoms with van der Waals surface area (Å²) in [6.45, 7) is 6.39. The molecule has 0 radical (unpaired) electrons. The van der Waals surface area contributed by atoms with Crippen LogP contribution in [0.1, 0.15) is 33.6 Å². The normalized spacial score (nSPS) is 11.8. The summed E-state index contributed by atoms with van der Waals surface area (Å²) in [6, 6.07) is -0.00146. The van der Waals surface area contributed by atoms with Crippen LogP contribution in [0.15, 0.2) is 0 Å². The molecule has 6 heteroatoms. The van der Waals surface area contributed by atoms with E-state index in [2.05, 4.69) is 0 Å².